The molecule has 0 saturated heterocycles. The van der Waals surface area contributed by atoms with Gasteiger partial charge in [0.25, 0.3) is 0 Å². The zero-order valence-corrected chi connectivity index (χ0v) is 22.8. The quantitative estimate of drug-likeness (QED) is 0.190. The molecule has 4 rings (SSSR count). The van der Waals surface area contributed by atoms with Gasteiger partial charge >= 0.3 is 5.97 Å². The molecule has 0 N–H and O–H groups in total. The van der Waals surface area contributed by atoms with E-state index in [4.69, 9.17) is 18.9 Å². The fourth-order valence-corrected chi connectivity index (χ4v) is 4.26. The molecule has 7 nitrogen and oxygen atoms in total. The third-order valence-corrected chi connectivity index (χ3v) is 6.49. The molecule has 0 aromatic heterocycles. The van der Waals surface area contributed by atoms with Crippen LogP contribution >= 0.6 is 0 Å². The second-order valence-electron chi connectivity index (χ2n) is 10.7. The Balaban J connectivity index is 1.61. The largest absolute Gasteiger partial charge is 0.624 e. The summed E-state index contributed by atoms with van der Waals surface area (Å²) in [5.74, 6) is -0.394. The van der Waals surface area contributed by atoms with Gasteiger partial charge in [-0.15, -0.1) is 0 Å². The highest BCUT2D eigenvalue weighted by atomic mass is 16.6. The van der Waals surface area contributed by atoms with Gasteiger partial charge in [-0.2, -0.15) is 0 Å². The third kappa shape index (κ3) is 8.23. The number of nitrogens with zero attached hydrogens (tertiary/aromatic N) is 1. The van der Waals surface area contributed by atoms with Crippen molar-refractivity contribution in [3.8, 4) is 0 Å². The minimum atomic E-state index is -0.784. The van der Waals surface area contributed by atoms with E-state index in [0.29, 0.717) is 18.9 Å². The zero-order valence-electron chi connectivity index (χ0n) is 22.8. The van der Waals surface area contributed by atoms with Crippen LogP contribution in [0.1, 0.15) is 37.5 Å². The van der Waals surface area contributed by atoms with E-state index in [0.717, 1.165) is 21.4 Å². The number of hydroxylamine groups is 1. The molecule has 0 fully saturated rings. The number of carbonyl (C=O) groups excluding carboxylic acids is 1. The van der Waals surface area contributed by atoms with Crippen molar-refractivity contribution < 1.29 is 28.5 Å². The fraction of sp³-hybridized carbons (Fsp3) is 0.375. The summed E-state index contributed by atoms with van der Waals surface area (Å²) in [7, 11) is 0. The van der Waals surface area contributed by atoms with E-state index >= 15 is 0 Å². The maximum atomic E-state index is 13.4. The average Bonchev–Trinajstić information content (AvgIpc) is 2.94. The van der Waals surface area contributed by atoms with Crippen molar-refractivity contribution in [3.05, 3.63) is 113 Å². The number of hydrogen-bond acceptors (Lipinski definition) is 6. The van der Waals surface area contributed by atoms with Gasteiger partial charge in [0.2, 0.25) is 5.71 Å². The second-order valence-corrected chi connectivity index (χ2v) is 10.7. The fourth-order valence-electron chi connectivity index (χ4n) is 4.26. The van der Waals surface area contributed by atoms with E-state index < -0.39 is 29.7 Å². The maximum absolute atomic E-state index is 13.4. The summed E-state index contributed by atoms with van der Waals surface area (Å²) < 4.78 is 25.5. The Morgan fingerprint density at radius 3 is 1.69 bits per heavy atom. The Bertz CT molecular complexity index is 1210. The first kappa shape index (κ1) is 28.5. The van der Waals surface area contributed by atoms with Crippen LogP contribution in [0.2, 0.25) is 0 Å². The summed E-state index contributed by atoms with van der Waals surface area (Å²) in [6, 6.07) is 29.3. The lowest BCUT2D eigenvalue weighted by molar-refractivity contribution is -0.490. The molecule has 0 spiro atoms. The molecule has 7 heteroatoms. The molecule has 0 amide bonds. The van der Waals surface area contributed by atoms with Gasteiger partial charge < -0.3 is 24.2 Å². The van der Waals surface area contributed by atoms with E-state index in [1.807, 2.05) is 91.0 Å². The van der Waals surface area contributed by atoms with Crippen LogP contribution in [-0.4, -0.2) is 47.9 Å². The maximum Gasteiger partial charge on any atom is 0.311 e. The molecule has 3 atom stereocenters. The number of hydrogen-bond donors (Lipinski definition) is 0. The van der Waals surface area contributed by atoms with Crippen molar-refractivity contribution in [2.75, 3.05) is 13.2 Å². The Morgan fingerprint density at radius 1 is 0.744 bits per heavy atom. The van der Waals surface area contributed by atoms with Gasteiger partial charge in [-0.3, -0.25) is 4.79 Å². The van der Waals surface area contributed by atoms with Gasteiger partial charge in [-0.25, -0.2) is 4.74 Å². The lowest BCUT2D eigenvalue weighted by Gasteiger charge is -2.37. The predicted octanol–water partition coefficient (Wildman–Crippen LogP) is 5.30. The van der Waals surface area contributed by atoms with Gasteiger partial charge in [0.15, 0.2) is 19.3 Å². The van der Waals surface area contributed by atoms with Crippen LogP contribution in [0.4, 0.5) is 0 Å². The highest BCUT2D eigenvalue weighted by Gasteiger charge is 2.46. The summed E-state index contributed by atoms with van der Waals surface area (Å²) in [6.45, 7) is 6.07. The van der Waals surface area contributed by atoms with Crippen molar-refractivity contribution in [1.82, 2.24) is 0 Å². The van der Waals surface area contributed by atoms with Crippen LogP contribution < -0.4 is 0 Å². The highest BCUT2D eigenvalue weighted by molar-refractivity contribution is 5.89. The SMILES string of the molecule is CC(C)(C)C(=O)OCC1=[N+]([O-])C[C@@H](OCc2ccccc2)[C@@H](OCc2ccccc2)[C@@H]1OCc1ccccc1. The minimum Gasteiger partial charge on any atom is -0.624 e. The lowest BCUT2D eigenvalue weighted by Crippen LogP contribution is -2.57. The monoisotopic (exact) mass is 531 g/mol. The number of esters is 1. The molecule has 206 valence electrons. The Labute approximate surface area is 230 Å². The van der Waals surface area contributed by atoms with E-state index in [-0.39, 0.29) is 19.8 Å². The molecule has 0 saturated carbocycles. The summed E-state index contributed by atoms with van der Waals surface area (Å²) >= 11 is 0. The molecule has 1 heterocycles. The summed E-state index contributed by atoms with van der Waals surface area (Å²) in [4.78, 5) is 12.6. The van der Waals surface area contributed by atoms with Gasteiger partial charge in [0, 0.05) is 0 Å². The Kier molecular flexibility index (Phi) is 9.87. The van der Waals surface area contributed by atoms with Crippen molar-refractivity contribution in [2.24, 2.45) is 5.41 Å². The van der Waals surface area contributed by atoms with Gasteiger partial charge in [0.05, 0.1) is 25.2 Å². The molecule has 0 unspecified atom stereocenters. The van der Waals surface area contributed by atoms with Crippen LogP contribution in [0.5, 0.6) is 0 Å². The smallest absolute Gasteiger partial charge is 0.311 e. The Hall–Kier alpha value is -3.52. The summed E-state index contributed by atoms with van der Waals surface area (Å²) in [5.41, 5.74) is 2.54. The standard InChI is InChI=1S/C32H37NO6/c1-32(2,3)31(34)39-23-27-29(37-21-25-15-9-5-10-16-25)30(38-22-26-17-11-6-12-18-26)28(19-33(27)35)36-20-24-13-7-4-8-14-24/h4-18,28-30H,19-23H2,1-3H3/t28-,29-,30-/m1/s1. The molecule has 3 aromatic rings. The van der Waals surface area contributed by atoms with Crippen molar-refractivity contribution in [2.45, 2.75) is 58.9 Å². The molecule has 1 aliphatic heterocycles. The molecule has 0 bridgehead atoms. The first-order valence-corrected chi connectivity index (χ1v) is 13.3. The number of benzene rings is 3. The molecular weight excluding hydrogens is 494 g/mol. The molecule has 1 aliphatic rings. The van der Waals surface area contributed by atoms with Crippen LogP contribution in [-0.2, 0) is 43.6 Å². The van der Waals surface area contributed by atoms with E-state index in [1.165, 1.54) is 0 Å². The zero-order chi connectivity index (χ0) is 27.7. The lowest BCUT2D eigenvalue weighted by atomic mass is 9.97. The highest BCUT2D eigenvalue weighted by Crippen LogP contribution is 2.24. The Morgan fingerprint density at radius 2 is 1.21 bits per heavy atom. The topological polar surface area (TPSA) is 80.1 Å². The van der Waals surface area contributed by atoms with Gasteiger partial charge in [-0.1, -0.05) is 91.0 Å². The van der Waals surface area contributed by atoms with Crippen LogP contribution in [0.25, 0.3) is 0 Å². The first-order chi connectivity index (χ1) is 18.8. The van der Waals surface area contributed by atoms with Crippen molar-refractivity contribution in [3.63, 3.8) is 0 Å². The van der Waals surface area contributed by atoms with Crippen LogP contribution in [0.15, 0.2) is 91.0 Å². The van der Waals surface area contributed by atoms with E-state index in [9.17, 15) is 10.0 Å². The summed E-state index contributed by atoms with van der Waals surface area (Å²) in [6.07, 6.45) is -1.96. The molecule has 0 aliphatic carbocycles. The van der Waals surface area contributed by atoms with Gasteiger partial charge in [-0.05, 0) is 37.5 Å². The normalized spacial score (nSPS) is 19.6. The minimum absolute atomic E-state index is 0.0277. The molecular formula is C32H37NO6. The van der Waals surface area contributed by atoms with Crippen LogP contribution in [0, 0.1) is 10.6 Å². The van der Waals surface area contributed by atoms with Crippen LogP contribution in [0.3, 0.4) is 0 Å². The van der Waals surface area contributed by atoms with Crippen molar-refractivity contribution in [1.29, 1.82) is 0 Å². The number of ether oxygens (including phenoxy) is 4. The predicted molar refractivity (Wildman–Crippen MR) is 149 cm³/mol. The first-order valence-electron chi connectivity index (χ1n) is 13.3. The average molecular weight is 532 g/mol. The number of carbonyl (C=O) groups is 1. The number of rotatable bonds is 11. The summed E-state index contributed by atoms with van der Waals surface area (Å²) in [5, 5.41) is 13.4. The molecule has 0 radical (unpaired) electrons. The van der Waals surface area contributed by atoms with E-state index in [2.05, 4.69) is 0 Å². The third-order valence-electron chi connectivity index (χ3n) is 6.49. The van der Waals surface area contributed by atoms with Crippen molar-refractivity contribution >= 4 is 11.7 Å². The van der Waals surface area contributed by atoms with E-state index in [1.54, 1.807) is 20.8 Å². The molecule has 3 aromatic carbocycles. The second kappa shape index (κ2) is 13.5. The van der Waals surface area contributed by atoms with Gasteiger partial charge in [0.1, 0.15) is 12.2 Å². The molecule has 39 heavy (non-hydrogen) atoms.